The van der Waals surface area contributed by atoms with Crippen LogP contribution in [-0.2, 0) is 4.74 Å². The molecule has 0 atom stereocenters. The summed E-state index contributed by atoms with van der Waals surface area (Å²) < 4.78 is 9.77. The Morgan fingerprint density at radius 2 is 1.83 bits per heavy atom. The second-order valence-electron chi connectivity index (χ2n) is 4.69. The van der Waals surface area contributed by atoms with Gasteiger partial charge in [-0.05, 0) is 43.4 Å². The largest absolute Gasteiger partial charge is 0.513 e. The van der Waals surface area contributed by atoms with Gasteiger partial charge in [-0.1, -0.05) is 31.4 Å². The highest BCUT2D eigenvalue weighted by Gasteiger charge is 2.15. The number of carbonyl (C=O) groups is 1. The van der Waals surface area contributed by atoms with Crippen molar-refractivity contribution in [1.82, 2.24) is 0 Å². The maximum atomic E-state index is 11.2. The first kappa shape index (κ1) is 12.9. The fraction of sp³-hybridized carbons (Fsp3) is 0.533. The number of carbonyl (C=O) groups excluding carboxylic acids is 1. The van der Waals surface area contributed by atoms with E-state index < -0.39 is 6.16 Å². The number of hydrogen-bond acceptors (Lipinski definition) is 3. The Hall–Kier alpha value is -1.51. The lowest BCUT2D eigenvalue weighted by molar-refractivity contribution is 0.104. The molecule has 1 fully saturated rings. The quantitative estimate of drug-likeness (QED) is 0.592. The van der Waals surface area contributed by atoms with Gasteiger partial charge in [-0.25, -0.2) is 4.79 Å². The number of rotatable bonds is 3. The van der Waals surface area contributed by atoms with Crippen LogP contribution in [0, 0.1) is 0 Å². The van der Waals surface area contributed by atoms with E-state index in [9.17, 15) is 4.79 Å². The van der Waals surface area contributed by atoms with Crippen molar-refractivity contribution in [3.63, 3.8) is 0 Å². The van der Waals surface area contributed by atoms with Crippen LogP contribution in [0.3, 0.4) is 0 Å². The van der Waals surface area contributed by atoms with E-state index in [1.54, 1.807) is 6.92 Å². The molecule has 1 aromatic rings. The van der Waals surface area contributed by atoms with Crippen molar-refractivity contribution in [1.29, 1.82) is 0 Å². The maximum absolute atomic E-state index is 11.2. The third-order valence-corrected chi connectivity index (χ3v) is 3.42. The summed E-state index contributed by atoms with van der Waals surface area (Å²) >= 11 is 0. The van der Waals surface area contributed by atoms with Crippen molar-refractivity contribution in [2.75, 3.05) is 6.61 Å². The molecule has 0 amide bonds. The van der Waals surface area contributed by atoms with Crippen LogP contribution in [0.5, 0.6) is 5.75 Å². The summed E-state index contributed by atoms with van der Waals surface area (Å²) in [6.07, 6.45) is 5.93. The van der Waals surface area contributed by atoms with E-state index in [1.165, 1.54) is 37.7 Å². The first-order valence-electron chi connectivity index (χ1n) is 6.74. The number of ether oxygens (including phenoxy) is 2. The van der Waals surface area contributed by atoms with Crippen LogP contribution in [-0.4, -0.2) is 12.8 Å². The highest BCUT2D eigenvalue weighted by molar-refractivity contribution is 5.63. The van der Waals surface area contributed by atoms with Crippen LogP contribution in [0.25, 0.3) is 0 Å². The minimum Gasteiger partial charge on any atom is -0.434 e. The topological polar surface area (TPSA) is 35.5 Å². The Balaban J connectivity index is 1.94. The van der Waals surface area contributed by atoms with Gasteiger partial charge in [0.1, 0.15) is 5.75 Å². The van der Waals surface area contributed by atoms with E-state index >= 15 is 0 Å². The van der Waals surface area contributed by atoms with Crippen LogP contribution in [0.4, 0.5) is 4.79 Å². The van der Waals surface area contributed by atoms with Crippen LogP contribution in [0.1, 0.15) is 50.5 Å². The Labute approximate surface area is 108 Å². The molecule has 0 unspecified atom stereocenters. The summed E-state index contributed by atoms with van der Waals surface area (Å²) in [6.45, 7) is 2.09. The van der Waals surface area contributed by atoms with Crippen molar-refractivity contribution in [3.05, 3.63) is 29.8 Å². The summed E-state index contributed by atoms with van der Waals surface area (Å²) in [5.74, 6) is 1.23. The predicted molar refractivity (Wildman–Crippen MR) is 69.9 cm³/mol. The molecule has 1 aliphatic carbocycles. The van der Waals surface area contributed by atoms with Gasteiger partial charge in [0.25, 0.3) is 0 Å². The molecule has 0 N–H and O–H groups in total. The molecule has 0 saturated heterocycles. The lowest BCUT2D eigenvalue weighted by Gasteiger charge is -2.21. The Kier molecular flexibility index (Phi) is 4.62. The molecule has 0 radical (unpaired) electrons. The van der Waals surface area contributed by atoms with E-state index in [0.717, 1.165) is 0 Å². The average Bonchev–Trinajstić information content (AvgIpc) is 2.41. The zero-order valence-electron chi connectivity index (χ0n) is 10.9. The summed E-state index contributed by atoms with van der Waals surface area (Å²) in [5.41, 5.74) is 1.35. The van der Waals surface area contributed by atoms with Crippen LogP contribution in [0.2, 0.25) is 0 Å². The molecule has 0 aromatic heterocycles. The first-order valence-corrected chi connectivity index (χ1v) is 6.74. The summed E-state index contributed by atoms with van der Waals surface area (Å²) in [6, 6.07) is 7.82. The van der Waals surface area contributed by atoms with E-state index in [4.69, 9.17) is 9.47 Å². The van der Waals surface area contributed by atoms with Gasteiger partial charge in [0.2, 0.25) is 0 Å². The van der Waals surface area contributed by atoms with Crippen LogP contribution >= 0.6 is 0 Å². The molecule has 1 aliphatic rings. The Bertz CT molecular complexity index is 377. The van der Waals surface area contributed by atoms with Gasteiger partial charge in [-0.3, -0.25) is 0 Å². The van der Waals surface area contributed by atoms with E-state index in [-0.39, 0.29) is 0 Å². The monoisotopic (exact) mass is 248 g/mol. The molecular formula is C15H20O3. The highest BCUT2D eigenvalue weighted by Crippen LogP contribution is 2.33. The SMILES string of the molecule is CCOC(=O)Oc1ccc(C2CCCCC2)cc1. The third kappa shape index (κ3) is 3.49. The van der Waals surface area contributed by atoms with E-state index in [2.05, 4.69) is 12.1 Å². The van der Waals surface area contributed by atoms with Crippen molar-refractivity contribution in [2.45, 2.75) is 44.9 Å². The van der Waals surface area contributed by atoms with Crippen molar-refractivity contribution < 1.29 is 14.3 Å². The van der Waals surface area contributed by atoms with Gasteiger partial charge in [-0.15, -0.1) is 0 Å². The summed E-state index contributed by atoms with van der Waals surface area (Å²) in [7, 11) is 0. The van der Waals surface area contributed by atoms with Gasteiger partial charge in [-0.2, -0.15) is 0 Å². The van der Waals surface area contributed by atoms with Gasteiger partial charge < -0.3 is 9.47 Å². The van der Waals surface area contributed by atoms with Crippen LogP contribution in [0.15, 0.2) is 24.3 Å². The van der Waals surface area contributed by atoms with E-state index in [1.807, 2.05) is 12.1 Å². The van der Waals surface area contributed by atoms with Gasteiger partial charge >= 0.3 is 6.16 Å². The zero-order valence-corrected chi connectivity index (χ0v) is 10.9. The summed E-state index contributed by atoms with van der Waals surface area (Å²) in [5, 5.41) is 0. The van der Waals surface area contributed by atoms with Crippen molar-refractivity contribution in [3.8, 4) is 5.75 Å². The third-order valence-electron chi connectivity index (χ3n) is 3.42. The smallest absolute Gasteiger partial charge is 0.434 e. The number of hydrogen-bond donors (Lipinski definition) is 0. The molecule has 98 valence electrons. The Morgan fingerprint density at radius 3 is 2.44 bits per heavy atom. The molecule has 0 heterocycles. The fourth-order valence-corrected chi connectivity index (χ4v) is 2.49. The number of benzene rings is 1. The van der Waals surface area contributed by atoms with Crippen molar-refractivity contribution >= 4 is 6.16 Å². The van der Waals surface area contributed by atoms with Gasteiger partial charge in [0, 0.05) is 0 Å². The lowest BCUT2D eigenvalue weighted by atomic mass is 9.84. The van der Waals surface area contributed by atoms with Gasteiger partial charge in [0.15, 0.2) is 0 Å². The fourth-order valence-electron chi connectivity index (χ4n) is 2.49. The molecule has 3 heteroatoms. The molecule has 18 heavy (non-hydrogen) atoms. The highest BCUT2D eigenvalue weighted by atomic mass is 16.7. The van der Waals surface area contributed by atoms with Gasteiger partial charge in [0.05, 0.1) is 6.61 Å². The summed E-state index contributed by atoms with van der Waals surface area (Å²) in [4.78, 5) is 11.2. The first-order chi connectivity index (χ1) is 8.79. The zero-order chi connectivity index (χ0) is 12.8. The molecule has 3 nitrogen and oxygen atoms in total. The van der Waals surface area contributed by atoms with E-state index in [0.29, 0.717) is 18.3 Å². The Morgan fingerprint density at radius 1 is 1.17 bits per heavy atom. The average molecular weight is 248 g/mol. The standard InChI is InChI=1S/C15H20O3/c1-2-17-15(16)18-14-10-8-13(9-11-14)12-6-4-3-5-7-12/h8-12H,2-7H2,1H3. The molecular weight excluding hydrogens is 228 g/mol. The lowest BCUT2D eigenvalue weighted by Crippen LogP contribution is -2.10. The molecule has 2 rings (SSSR count). The molecule has 1 saturated carbocycles. The second-order valence-corrected chi connectivity index (χ2v) is 4.69. The minimum absolute atomic E-state index is 0.332. The molecule has 0 spiro atoms. The normalized spacial score (nSPS) is 16.3. The second kappa shape index (κ2) is 6.43. The minimum atomic E-state index is -0.636. The maximum Gasteiger partial charge on any atom is 0.513 e. The molecule has 0 aliphatic heterocycles. The molecule has 1 aromatic carbocycles. The molecule has 0 bridgehead atoms. The van der Waals surface area contributed by atoms with Crippen molar-refractivity contribution in [2.24, 2.45) is 0 Å². The van der Waals surface area contributed by atoms with Crippen LogP contribution < -0.4 is 4.74 Å². The predicted octanol–water partition coefficient (Wildman–Crippen LogP) is 4.27.